The first kappa shape index (κ1) is 10.0. The van der Waals surface area contributed by atoms with E-state index in [9.17, 15) is 9.59 Å². The summed E-state index contributed by atoms with van der Waals surface area (Å²) >= 11 is 0. The van der Waals surface area contributed by atoms with E-state index in [1.54, 1.807) is 0 Å². The SMILES string of the molecule is CC(=O)C(N)(O)C(N)C(=O)O. The molecule has 11 heavy (non-hydrogen) atoms. The van der Waals surface area contributed by atoms with Crippen molar-refractivity contribution in [2.45, 2.75) is 18.7 Å². The van der Waals surface area contributed by atoms with Gasteiger partial charge in [0.2, 0.25) is 0 Å². The van der Waals surface area contributed by atoms with Crippen LogP contribution in [0.25, 0.3) is 0 Å². The van der Waals surface area contributed by atoms with Crippen molar-refractivity contribution in [2.75, 3.05) is 0 Å². The van der Waals surface area contributed by atoms with E-state index >= 15 is 0 Å². The van der Waals surface area contributed by atoms with Gasteiger partial charge in [0.1, 0.15) is 0 Å². The summed E-state index contributed by atoms with van der Waals surface area (Å²) in [7, 11) is 0. The van der Waals surface area contributed by atoms with E-state index in [4.69, 9.17) is 21.7 Å². The van der Waals surface area contributed by atoms with Crippen molar-refractivity contribution in [1.82, 2.24) is 0 Å². The van der Waals surface area contributed by atoms with Crippen LogP contribution >= 0.6 is 0 Å². The Labute approximate surface area is 62.8 Å². The molecule has 0 radical (unpaired) electrons. The zero-order valence-electron chi connectivity index (χ0n) is 5.94. The van der Waals surface area contributed by atoms with Gasteiger partial charge >= 0.3 is 5.97 Å². The lowest BCUT2D eigenvalue weighted by atomic mass is 10.0. The Bertz CT molecular complexity index is 189. The first-order valence-electron chi connectivity index (χ1n) is 2.80. The number of ketones is 1. The summed E-state index contributed by atoms with van der Waals surface area (Å²) in [6, 6.07) is -1.79. The molecule has 0 spiro atoms. The van der Waals surface area contributed by atoms with E-state index in [0.717, 1.165) is 6.92 Å². The average Bonchev–Trinajstić information content (AvgIpc) is 1.85. The smallest absolute Gasteiger partial charge is 0.325 e. The molecule has 6 nitrogen and oxygen atoms in total. The summed E-state index contributed by atoms with van der Waals surface area (Å²) in [4.78, 5) is 20.6. The molecule has 0 fully saturated rings. The van der Waals surface area contributed by atoms with Crippen LogP contribution in [-0.2, 0) is 9.59 Å². The second-order valence-electron chi connectivity index (χ2n) is 2.20. The monoisotopic (exact) mass is 162 g/mol. The summed E-state index contributed by atoms with van der Waals surface area (Å²) in [6.45, 7) is 0.961. The maximum Gasteiger partial charge on any atom is 0.325 e. The van der Waals surface area contributed by atoms with Crippen LogP contribution in [0.4, 0.5) is 0 Å². The Balaban J connectivity index is 4.55. The van der Waals surface area contributed by atoms with Crippen LogP contribution in [-0.4, -0.2) is 33.7 Å². The highest BCUT2D eigenvalue weighted by Gasteiger charge is 2.39. The Morgan fingerprint density at radius 1 is 1.55 bits per heavy atom. The number of carboxylic acids is 1. The first-order valence-corrected chi connectivity index (χ1v) is 2.80. The van der Waals surface area contributed by atoms with Crippen molar-refractivity contribution in [1.29, 1.82) is 0 Å². The summed E-state index contributed by atoms with van der Waals surface area (Å²) in [5.41, 5.74) is 7.32. The third-order valence-corrected chi connectivity index (χ3v) is 1.30. The van der Waals surface area contributed by atoms with Gasteiger partial charge < -0.3 is 15.9 Å². The molecule has 0 aliphatic carbocycles. The van der Waals surface area contributed by atoms with Crippen molar-refractivity contribution in [3.63, 3.8) is 0 Å². The number of aliphatic hydroxyl groups is 1. The second-order valence-corrected chi connectivity index (χ2v) is 2.20. The lowest BCUT2D eigenvalue weighted by Gasteiger charge is -2.23. The zero-order chi connectivity index (χ0) is 9.23. The van der Waals surface area contributed by atoms with Crippen molar-refractivity contribution in [2.24, 2.45) is 11.5 Å². The van der Waals surface area contributed by atoms with Crippen LogP contribution < -0.4 is 11.5 Å². The number of carbonyl (C=O) groups excluding carboxylic acids is 1. The molecule has 2 unspecified atom stereocenters. The van der Waals surface area contributed by atoms with Gasteiger partial charge in [-0.25, -0.2) is 0 Å². The number of Topliss-reactive ketones (excluding diaryl/α,β-unsaturated/α-hetero) is 1. The van der Waals surface area contributed by atoms with Crippen LogP contribution in [0.2, 0.25) is 0 Å². The number of hydrogen-bond donors (Lipinski definition) is 4. The molecule has 6 heteroatoms. The molecule has 0 aromatic rings. The van der Waals surface area contributed by atoms with Crippen LogP contribution in [0.3, 0.4) is 0 Å². The molecule has 0 aliphatic heterocycles. The zero-order valence-corrected chi connectivity index (χ0v) is 5.94. The summed E-state index contributed by atoms with van der Waals surface area (Å²) in [5.74, 6) is -2.40. The normalized spacial score (nSPS) is 18.5. The molecule has 0 aliphatic rings. The second kappa shape index (κ2) is 2.95. The number of carbonyl (C=O) groups is 2. The van der Waals surface area contributed by atoms with Crippen LogP contribution in [0.5, 0.6) is 0 Å². The van der Waals surface area contributed by atoms with Crippen LogP contribution in [0, 0.1) is 0 Å². The van der Waals surface area contributed by atoms with Crippen molar-refractivity contribution >= 4 is 11.8 Å². The van der Waals surface area contributed by atoms with Gasteiger partial charge in [0, 0.05) is 0 Å². The Morgan fingerprint density at radius 3 is 2.00 bits per heavy atom. The Morgan fingerprint density at radius 2 is 1.91 bits per heavy atom. The van der Waals surface area contributed by atoms with Gasteiger partial charge in [0.05, 0.1) is 0 Å². The number of nitrogens with two attached hydrogens (primary N) is 2. The number of hydrogen-bond acceptors (Lipinski definition) is 5. The standard InChI is InChI=1S/C5H10N2O4/c1-2(8)5(7,11)3(6)4(9)10/h3,11H,6-7H2,1H3,(H,9,10). The predicted molar refractivity (Wildman–Crippen MR) is 35.4 cm³/mol. The lowest BCUT2D eigenvalue weighted by Crippen LogP contribution is -2.63. The highest BCUT2D eigenvalue weighted by Crippen LogP contribution is 2.01. The molecule has 0 rings (SSSR count). The van der Waals surface area contributed by atoms with Crippen molar-refractivity contribution in [3.8, 4) is 0 Å². The quantitative estimate of drug-likeness (QED) is 0.344. The van der Waals surface area contributed by atoms with E-state index in [1.165, 1.54) is 0 Å². The number of carboxylic acid groups (broad SMARTS) is 1. The van der Waals surface area contributed by atoms with Gasteiger partial charge in [0.15, 0.2) is 17.6 Å². The minimum Gasteiger partial charge on any atom is -0.480 e. The Hall–Kier alpha value is -0.980. The summed E-state index contributed by atoms with van der Waals surface area (Å²) in [5, 5.41) is 17.2. The molecule has 0 aromatic carbocycles. The lowest BCUT2D eigenvalue weighted by molar-refractivity contribution is -0.152. The Kier molecular flexibility index (Phi) is 2.69. The molecule has 0 saturated heterocycles. The highest BCUT2D eigenvalue weighted by molar-refractivity contribution is 5.91. The van der Waals surface area contributed by atoms with Crippen molar-refractivity contribution < 1.29 is 19.8 Å². The van der Waals surface area contributed by atoms with Gasteiger partial charge in [-0.1, -0.05) is 0 Å². The van der Waals surface area contributed by atoms with Crippen LogP contribution in [0.1, 0.15) is 6.92 Å². The molecule has 6 N–H and O–H groups in total. The molecule has 0 aromatic heterocycles. The average molecular weight is 162 g/mol. The minimum absolute atomic E-state index is 0.882. The van der Waals surface area contributed by atoms with Crippen molar-refractivity contribution in [3.05, 3.63) is 0 Å². The predicted octanol–water partition coefficient (Wildman–Crippen LogP) is -2.37. The maximum atomic E-state index is 10.5. The van der Waals surface area contributed by atoms with Crippen LogP contribution in [0.15, 0.2) is 0 Å². The number of rotatable bonds is 3. The van der Waals surface area contributed by atoms with Gasteiger partial charge in [-0.15, -0.1) is 0 Å². The van der Waals surface area contributed by atoms with E-state index in [2.05, 4.69) is 0 Å². The fourth-order valence-corrected chi connectivity index (χ4v) is 0.407. The summed E-state index contributed by atoms with van der Waals surface area (Å²) in [6.07, 6.45) is 0. The molecule has 0 heterocycles. The van der Waals surface area contributed by atoms with E-state index < -0.39 is 23.5 Å². The van der Waals surface area contributed by atoms with Gasteiger partial charge in [-0.05, 0) is 6.92 Å². The molecule has 64 valence electrons. The summed E-state index contributed by atoms with van der Waals surface area (Å²) < 4.78 is 0. The number of aliphatic carboxylic acids is 1. The van der Waals surface area contributed by atoms with Gasteiger partial charge in [-0.2, -0.15) is 0 Å². The first-order chi connectivity index (χ1) is 4.80. The molecular formula is C5H10N2O4. The van der Waals surface area contributed by atoms with Gasteiger partial charge in [-0.3, -0.25) is 15.3 Å². The third-order valence-electron chi connectivity index (χ3n) is 1.30. The fourth-order valence-electron chi connectivity index (χ4n) is 0.407. The van der Waals surface area contributed by atoms with E-state index in [-0.39, 0.29) is 0 Å². The maximum absolute atomic E-state index is 10.5. The highest BCUT2D eigenvalue weighted by atomic mass is 16.4. The largest absolute Gasteiger partial charge is 0.480 e. The van der Waals surface area contributed by atoms with Gasteiger partial charge in [0.25, 0.3) is 0 Å². The molecule has 0 amide bonds. The minimum atomic E-state index is -2.48. The fraction of sp³-hybridized carbons (Fsp3) is 0.600. The van der Waals surface area contributed by atoms with E-state index in [0.29, 0.717) is 0 Å². The topological polar surface area (TPSA) is 127 Å². The van der Waals surface area contributed by atoms with E-state index in [1.807, 2.05) is 0 Å². The third kappa shape index (κ3) is 1.97. The molecule has 2 atom stereocenters. The molecular weight excluding hydrogens is 152 g/mol. The molecule has 0 saturated carbocycles. The molecule has 0 bridgehead atoms.